The lowest BCUT2D eigenvalue weighted by atomic mass is 10.2. The third-order valence-electron chi connectivity index (χ3n) is 2.64. The minimum absolute atomic E-state index is 0. The lowest BCUT2D eigenvalue weighted by Gasteiger charge is -2.10. The van der Waals surface area contributed by atoms with Gasteiger partial charge in [0.05, 0.1) is 6.26 Å². The number of guanidine groups is 1. The first kappa shape index (κ1) is 18.3. The first-order chi connectivity index (χ1) is 8.86. The van der Waals surface area contributed by atoms with Crippen molar-refractivity contribution in [3.8, 4) is 0 Å². The van der Waals surface area contributed by atoms with Crippen molar-refractivity contribution in [3.05, 3.63) is 24.2 Å². The van der Waals surface area contributed by atoms with Gasteiger partial charge in [0.1, 0.15) is 12.3 Å². The quantitative estimate of drug-likeness (QED) is 0.315. The average molecular weight is 379 g/mol. The summed E-state index contributed by atoms with van der Waals surface area (Å²) in [4.78, 5) is 4.47. The highest BCUT2D eigenvalue weighted by Gasteiger charge is 1.98. The van der Waals surface area contributed by atoms with Crippen LogP contribution in [0.2, 0.25) is 0 Å². The van der Waals surface area contributed by atoms with E-state index < -0.39 is 0 Å². The number of aliphatic imine (C=N–C) groups is 1. The second kappa shape index (κ2) is 12.3. The van der Waals surface area contributed by atoms with Gasteiger partial charge in [-0.1, -0.05) is 26.2 Å². The molecule has 4 nitrogen and oxygen atoms in total. The number of furan rings is 1. The van der Waals surface area contributed by atoms with Crippen LogP contribution in [0.3, 0.4) is 0 Å². The summed E-state index contributed by atoms with van der Waals surface area (Å²) in [5.41, 5.74) is 0. The molecule has 0 unspecified atom stereocenters. The maximum absolute atomic E-state index is 5.26. The van der Waals surface area contributed by atoms with E-state index >= 15 is 0 Å². The molecule has 0 saturated carbocycles. The van der Waals surface area contributed by atoms with Crippen LogP contribution in [0.15, 0.2) is 27.8 Å². The zero-order chi connectivity index (χ0) is 13.1. The molecule has 0 saturated heterocycles. The number of nitrogens with zero attached hydrogens (tertiary/aromatic N) is 1. The van der Waals surface area contributed by atoms with Gasteiger partial charge in [-0.2, -0.15) is 0 Å². The lowest BCUT2D eigenvalue weighted by molar-refractivity contribution is 0.511. The highest BCUT2D eigenvalue weighted by atomic mass is 127. The Balaban J connectivity index is 0.00000324. The Labute approximate surface area is 133 Å². The monoisotopic (exact) mass is 379 g/mol. The maximum atomic E-state index is 5.26. The molecule has 2 N–H and O–H groups in total. The van der Waals surface area contributed by atoms with Gasteiger partial charge in [-0.15, -0.1) is 24.0 Å². The molecule has 0 aromatic carbocycles. The summed E-state index contributed by atoms with van der Waals surface area (Å²) in [6.07, 6.45) is 6.73. The van der Waals surface area contributed by atoms with E-state index in [0.717, 1.165) is 24.8 Å². The fourth-order valence-electron chi connectivity index (χ4n) is 1.66. The van der Waals surface area contributed by atoms with E-state index in [0.29, 0.717) is 6.54 Å². The number of unbranched alkanes of at least 4 members (excludes halogenated alkanes) is 3. The van der Waals surface area contributed by atoms with E-state index in [9.17, 15) is 0 Å². The van der Waals surface area contributed by atoms with Crippen molar-refractivity contribution < 1.29 is 4.42 Å². The van der Waals surface area contributed by atoms with E-state index in [-0.39, 0.29) is 24.0 Å². The van der Waals surface area contributed by atoms with Gasteiger partial charge in [0, 0.05) is 13.1 Å². The highest BCUT2D eigenvalue weighted by molar-refractivity contribution is 14.0. The number of halogens is 1. The summed E-state index contributed by atoms with van der Waals surface area (Å²) in [6, 6.07) is 3.82. The molecule has 0 fully saturated rings. The van der Waals surface area contributed by atoms with Crippen molar-refractivity contribution in [1.29, 1.82) is 0 Å². The van der Waals surface area contributed by atoms with E-state index in [1.807, 2.05) is 12.1 Å². The number of nitrogens with one attached hydrogen (secondary N) is 2. The smallest absolute Gasteiger partial charge is 0.191 e. The number of rotatable bonds is 8. The fourth-order valence-corrected chi connectivity index (χ4v) is 1.66. The molecule has 5 heteroatoms. The normalized spacial score (nSPS) is 10.9. The Morgan fingerprint density at radius 3 is 2.68 bits per heavy atom. The zero-order valence-electron chi connectivity index (χ0n) is 11.9. The molecule has 0 aliphatic carbocycles. The van der Waals surface area contributed by atoms with E-state index in [1.54, 1.807) is 6.26 Å². The molecule has 0 bridgehead atoms. The van der Waals surface area contributed by atoms with Crippen LogP contribution in [0.1, 0.15) is 45.3 Å². The molecule has 0 aliphatic heterocycles. The summed E-state index contributed by atoms with van der Waals surface area (Å²) < 4.78 is 5.26. The second-order valence-electron chi connectivity index (χ2n) is 4.26. The van der Waals surface area contributed by atoms with Crippen LogP contribution < -0.4 is 10.6 Å². The molecule has 1 aromatic rings. The standard InChI is InChI=1S/C14H25N3O.HI/c1-3-5-6-7-10-16-14(15-4-2)17-12-13-9-8-11-18-13;/h8-9,11H,3-7,10,12H2,1-2H3,(H2,15,16,17);1H. The number of hydrogen-bond donors (Lipinski definition) is 2. The van der Waals surface area contributed by atoms with Gasteiger partial charge in [0.15, 0.2) is 5.96 Å². The largest absolute Gasteiger partial charge is 0.467 e. The molecule has 1 rings (SSSR count). The van der Waals surface area contributed by atoms with Gasteiger partial charge in [0.2, 0.25) is 0 Å². The molecule has 0 spiro atoms. The van der Waals surface area contributed by atoms with Crippen LogP contribution in [-0.2, 0) is 6.54 Å². The first-order valence-electron chi connectivity index (χ1n) is 6.91. The van der Waals surface area contributed by atoms with Crippen LogP contribution in [-0.4, -0.2) is 19.0 Å². The lowest BCUT2D eigenvalue weighted by Crippen LogP contribution is -2.37. The van der Waals surface area contributed by atoms with Crippen molar-refractivity contribution in [2.45, 2.75) is 46.1 Å². The molecular formula is C14H26IN3O. The number of hydrogen-bond acceptors (Lipinski definition) is 2. The summed E-state index contributed by atoms with van der Waals surface area (Å²) >= 11 is 0. The van der Waals surface area contributed by atoms with Crippen molar-refractivity contribution in [3.63, 3.8) is 0 Å². The molecule has 0 aliphatic rings. The van der Waals surface area contributed by atoms with Crippen molar-refractivity contribution >= 4 is 29.9 Å². The summed E-state index contributed by atoms with van der Waals surface area (Å²) in [6.45, 7) is 6.73. The Hall–Kier alpha value is -0.720. The Morgan fingerprint density at radius 1 is 1.21 bits per heavy atom. The van der Waals surface area contributed by atoms with Crippen LogP contribution in [0.4, 0.5) is 0 Å². The molecule has 0 radical (unpaired) electrons. The van der Waals surface area contributed by atoms with E-state index in [1.165, 1.54) is 25.7 Å². The van der Waals surface area contributed by atoms with Gasteiger partial charge < -0.3 is 15.1 Å². The topological polar surface area (TPSA) is 49.6 Å². The molecule has 0 atom stereocenters. The Morgan fingerprint density at radius 2 is 2.05 bits per heavy atom. The Kier molecular flexibility index (Phi) is 11.9. The molecule has 1 aromatic heterocycles. The predicted octanol–water partition coefficient (Wildman–Crippen LogP) is 3.53. The van der Waals surface area contributed by atoms with Crippen molar-refractivity contribution in [2.75, 3.05) is 13.1 Å². The maximum Gasteiger partial charge on any atom is 0.191 e. The van der Waals surface area contributed by atoms with E-state index in [4.69, 9.17) is 4.42 Å². The molecule has 0 amide bonds. The van der Waals surface area contributed by atoms with Crippen LogP contribution in [0.5, 0.6) is 0 Å². The van der Waals surface area contributed by atoms with Crippen LogP contribution >= 0.6 is 24.0 Å². The van der Waals surface area contributed by atoms with Gasteiger partial charge in [-0.3, -0.25) is 0 Å². The molecular weight excluding hydrogens is 353 g/mol. The molecule has 110 valence electrons. The van der Waals surface area contributed by atoms with Gasteiger partial charge >= 0.3 is 0 Å². The third-order valence-corrected chi connectivity index (χ3v) is 2.64. The van der Waals surface area contributed by atoms with Crippen LogP contribution in [0, 0.1) is 0 Å². The van der Waals surface area contributed by atoms with Gasteiger partial charge in [-0.05, 0) is 25.5 Å². The molecule has 1 heterocycles. The second-order valence-corrected chi connectivity index (χ2v) is 4.26. The van der Waals surface area contributed by atoms with Crippen molar-refractivity contribution in [2.24, 2.45) is 4.99 Å². The van der Waals surface area contributed by atoms with Gasteiger partial charge in [0.25, 0.3) is 0 Å². The molecule has 19 heavy (non-hydrogen) atoms. The van der Waals surface area contributed by atoms with Gasteiger partial charge in [-0.25, -0.2) is 4.99 Å². The fraction of sp³-hybridized carbons (Fsp3) is 0.643. The van der Waals surface area contributed by atoms with E-state index in [2.05, 4.69) is 29.5 Å². The zero-order valence-corrected chi connectivity index (χ0v) is 14.3. The van der Waals surface area contributed by atoms with Crippen molar-refractivity contribution in [1.82, 2.24) is 10.6 Å². The third kappa shape index (κ3) is 8.91. The summed E-state index contributed by atoms with van der Waals surface area (Å²) in [5, 5.41) is 6.57. The summed E-state index contributed by atoms with van der Waals surface area (Å²) in [5.74, 6) is 1.75. The first-order valence-corrected chi connectivity index (χ1v) is 6.91. The highest BCUT2D eigenvalue weighted by Crippen LogP contribution is 2.01. The Bertz CT molecular complexity index is 325. The summed E-state index contributed by atoms with van der Waals surface area (Å²) in [7, 11) is 0. The van der Waals surface area contributed by atoms with Crippen LogP contribution in [0.25, 0.3) is 0 Å². The average Bonchev–Trinajstić information content (AvgIpc) is 2.88. The predicted molar refractivity (Wildman–Crippen MR) is 91.1 cm³/mol. The minimum atomic E-state index is 0. The SMILES string of the molecule is CCCCCCNC(=NCc1ccco1)NCC.I. The minimum Gasteiger partial charge on any atom is -0.467 e.